The van der Waals surface area contributed by atoms with E-state index in [1.54, 1.807) is 0 Å². The summed E-state index contributed by atoms with van der Waals surface area (Å²) in [6.07, 6.45) is 5.95. The third-order valence-electron chi connectivity index (χ3n) is 1.69. The van der Waals surface area contributed by atoms with E-state index in [4.69, 9.17) is 5.14 Å². The summed E-state index contributed by atoms with van der Waals surface area (Å²) in [5, 5.41) is 4.61. The molecule has 0 unspecified atom stereocenters. The molecule has 0 saturated carbocycles. The predicted molar refractivity (Wildman–Crippen MR) is 39.9 cm³/mol. The van der Waals surface area contributed by atoms with Crippen LogP contribution in [0.5, 0.6) is 0 Å². The molecule has 0 saturated heterocycles. The molecule has 3 nitrogen and oxygen atoms in total. The first-order valence-corrected chi connectivity index (χ1v) is 4.88. The Bertz CT molecular complexity index is 230. The Morgan fingerprint density at radius 2 is 2.10 bits per heavy atom. The lowest BCUT2D eigenvalue weighted by molar-refractivity contribution is 0.570. The van der Waals surface area contributed by atoms with Crippen molar-refractivity contribution >= 4 is 10.0 Å². The zero-order valence-electron chi connectivity index (χ0n) is 5.66. The fourth-order valence-electron chi connectivity index (χ4n) is 1.06. The van der Waals surface area contributed by atoms with Crippen LogP contribution in [0.1, 0.15) is 19.3 Å². The lowest BCUT2D eigenvalue weighted by Crippen LogP contribution is -2.28. The quantitative estimate of drug-likeness (QED) is 0.565. The van der Waals surface area contributed by atoms with Gasteiger partial charge in [-0.05, 0) is 19.3 Å². The minimum absolute atomic E-state index is 0.336. The molecule has 1 rings (SSSR count). The number of allylic oxidation sites excluding steroid dienone is 2. The molecule has 0 radical (unpaired) electrons. The van der Waals surface area contributed by atoms with Crippen LogP contribution in [-0.2, 0) is 10.0 Å². The second-order valence-corrected chi connectivity index (χ2v) is 4.34. The van der Waals surface area contributed by atoms with E-state index in [2.05, 4.69) is 0 Å². The molecule has 2 N–H and O–H groups in total. The number of hydrogen-bond acceptors (Lipinski definition) is 2. The summed E-state index contributed by atoms with van der Waals surface area (Å²) in [6.45, 7) is 0. The molecule has 0 heterocycles. The van der Waals surface area contributed by atoms with E-state index in [1.807, 2.05) is 12.2 Å². The van der Waals surface area contributed by atoms with E-state index >= 15 is 0 Å². The first kappa shape index (κ1) is 7.75. The van der Waals surface area contributed by atoms with Gasteiger partial charge >= 0.3 is 0 Å². The van der Waals surface area contributed by atoms with Crippen molar-refractivity contribution in [2.24, 2.45) is 5.14 Å². The molecule has 1 aliphatic carbocycles. The molecule has 0 aromatic heterocycles. The van der Waals surface area contributed by atoms with Gasteiger partial charge in [-0.3, -0.25) is 0 Å². The lowest BCUT2D eigenvalue weighted by atomic mass is 10.1. The van der Waals surface area contributed by atoms with Gasteiger partial charge in [0, 0.05) is 0 Å². The highest BCUT2D eigenvalue weighted by molar-refractivity contribution is 7.89. The average molecular weight is 161 g/mol. The van der Waals surface area contributed by atoms with Gasteiger partial charge in [0.2, 0.25) is 10.0 Å². The Labute approximate surface area is 61.0 Å². The molecular weight excluding hydrogens is 150 g/mol. The maximum Gasteiger partial charge on any atom is 0.212 e. The van der Waals surface area contributed by atoms with Gasteiger partial charge in [0.1, 0.15) is 0 Å². The first-order valence-electron chi connectivity index (χ1n) is 3.27. The van der Waals surface area contributed by atoms with Gasteiger partial charge in [0.05, 0.1) is 5.25 Å². The average Bonchev–Trinajstić information content (AvgIpc) is 1.88. The fourth-order valence-corrected chi connectivity index (χ4v) is 1.91. The van der Waals surface area contributed by atoms with Gasteiger partial charge in [0.25, 0.3) is 0 Å². The van der Waals surface area contributed by atoms with Gasteiger partial charge in [-0.25, -0.2) is 13.6 Å². The van der Waals surface area contributed by atoms with Crippen molar-refractivity contribution in [1.82, 2.24) is 0 Å². The molecule has 0 aliphatic heterocycles. The van der Waals surface area contributed by atoms with E-state index in [0.29, 0.717) is 12.8 Å². The van der Waals surface area contributed by atoms with Crippen molar-refractivity contribution in [3.05, 3.63) is 12.2 Å². The predicted octanol–water partition coefficient (Wildman–Crippen LogP) is 0.384. The highest BCUT2D eigenvalue weighted by Gasteiger charge is 2.20. The second-order valence-electron chi connectivity index (χ2n) is 2.50. The molecule has 4 heteroatoms. The summed E-state index contributed by atoms with van der Waals surface area (Å²) < 4.78 is 21.5. The van der Waals surface area contributed by atoms with E-state index in [9.17, 15) is 8.42 Å². The smallest absolute Gasteiger partial charge is 0.212 e. The van der Waals surface area contributed by atoms with Gasteiger partial charge in [0.15, 0.2) is 0 Å². The SMILES string of the molecule is NS(=O)(=O)[C@H]1CC=CCC1. The highest BCUT2D eigenvalue weighted by Crippen LogP contribution is 2.15. The van der Waals surface area contributed by atoms with Gasteiger partial charge < -0.3 is 0 Å². The largest absolute Gasteiger partial charge is 0.228 e. The van der Waals surface area contributed by atoms with Gasteiger partial charge in [-0.2, -0.15) is 0 Å². The molecule has 58 valence electrons. The summed E-state index contributed by atoms with van der Waals surface area (Å²) in [5.41, 5.74) is 0. The lowest BCUT2D eigenvalue weighted by Gasteiger charge is -2.14. The van der Waals surface area contributed by atoms with Crippen molar-refractivity contribution in [2.75, 3.05) is 0 Å². The Morgan fingerprint density at radius 3 is 2.40 bits per heavy atom. The molecule has 0 aromatic carbocycles. The summed E-state index contributed by atoms with van der Waals surface area (Å²) in [4.78, 5) is 0. The van der Waals surface area contributed by atoms with Crippen LogP contribution in [0.3, 0.4) is 0 Å². The van der Waals surface area contributed by atoms with E-state index in [1.165, 1.54) is 0 Å². The zero-order chi connectivity index (χ0) is 7.61. The van der Waals surface area contributed by atoms with Crippen LogP contribution >= 0.6 is 0 Å². The summed E-state index contributed by atoms with van der Waals surface area (Å²) in [5.74, 6) is 0. The molecule has 1 atom stereocenters. The van der Waals surface area contributed by atoms with Crippen LogP contribution in [0.25, 0.3) is 0 Å². The standard InChI is InChI=1S/C6H11NO2S/c7-10(8,9)6-4-2-1-3-5-6/h1-2,6H,3-5H2,(H2,7,8,9)/t6-/m0/s1. The minimum Gasteiger partial charge on any atom is -0.228 e. The molecule has 0 spiro atoms. The minimum atomic E-state index is -3.28. The van der Waals surface area contributed by atoms with Gasteiger partial charge in [-0.1, -0.05) is 12.2 Å². The number of sulfonamides is 1. The van der Waals surface area contributed by atoms with Crippen LogP contribution in [0.4, 0.5) is 0 Å². The molecule has 0 amide bonds. The van der Waals surface area contributed by atoms with Crippen molar-refractivity contribution in [3.63, 3.8) is 0 Å². The van der Waals surface area contributed by atoms with Crippen LogP contribution in [0.15, 0.2) is 12.2 Å². The molecule has 0 bridgehead atoms. The third-order valence-corrected chi connectivity index (χ3v) is 3.04. The molecule has 10 heavy (non-hydrogen) atoms. The molecule has 0 fully saturated rings. The maximum atomic E-state index is 10.7. The number of primary sulfonamides is 1. The van der Waals surface area contributed by atoms with Crippen LogP contribution in [0, 0.1) is 0 Å². The van der Waals surface area contributed by atoms with Crippen LogP contribution < -0.4 is 5.14 Å². The Kier molecular flexibility index (Phi) is 2.11. The Morgan fingerprint density at radius 1 is 1.40 bits per heavy atom. The summed E-state index contributed by atoms with van der Waals surface area (Å²) in [6, 6.07) is 0. The van der Waals surface area contributed by atoms with Crippen molar-refractivity contribution in [3.8, 4) is 0 Å². The molecule has 1 aliphatic rings. The van der Waals surface area contributed by atoms with E-state index < -0.39 is 10.0 Å². The van der Waals surface area contributed by atoms with Crippen LogP contribution in [0.2, 0.25) is 0 Å². The second kappa shape index (κ2) is 2.72. The summed E-state index contributed by atoms with van der Waals surface area (Å²) >= 11 is 0. The van der Waals surface area contributed by atoms with Crippen LogP contribution in [-0.4, -0.2) is 13.7 Å². The Hall–Kier alpha value is -0.350. The summed E-state index contributed by atoms with van der Waals surface area (Å²) in [7, 11) is -3.28. The Balaban J connectivity index is 2.67. The number of rotatable bonds is 1. The highest BCUT2D eigenvalue weighted by atomic mass is 32.2. The third kappa shape index (κ3) is 1.82. The maximum absolute atomic E-state index is 10.7. The van der Waals surface area contributed by atoms with E-state index in [0.717, 1.165) is 6.42 Å². The van der Waals surface area contributed by atoms with Crippen molar-refractivity contribution in [1.29, 1.82) is 0 Å². The fraction of sp³-hybridized carbons (Fsp3) is 0.667. The van der Waals surface area contributed by atoms with E-state index in [-0.39, 0.29) is 5.25 Å². The number of hydrogen-bond donors (Lipinski definition) is 1. The van der Waals surface area contributed by atoms with Gasteiger partial charge in [-0.15, -0.1) is 0 Å². The zero-order valence-corrected chi connectivity index (χ0v) is 6.47. The monoisotopic (exact) mass is 161 g/mol. The first-order chi connectivity index (χ1) is 4.61. The normalized spacial score (nSPS) is 26.7. The van der Waals surface area contributed by atoms with Crippen molar-refractivity contribution in [2.45, 2.75) is 24.5 Å². The molecule has 0 aromatic rings. The topological polar surface area (TPSA) is 60.2 Å². The molecular formula is C6H11NO2S. The number of nitrogens with two attached hydrogens (primary N) is 1. The van der Waals surface area contributed by atoms with Crippen molar-refractivity contribution < 1.29 is 8.42 Å².